The van der Waals surface area contributed by atoms with Crippen molar-refractivity contribution in [3.05, 3.63) is 53.6 Å². The van der Waals surface area contributed by atoms with Crippen LogP contribution in [0.5, 0.6) is 11.5 Å². The van der Waals surface area contributed by atoms with Crippen LogP contribution in [0.4, 0.5) is 10.5 Å². The first kappa shape index (κ1) is 17.0. The van der Waals surface area contributed by atoms with Gasteiger partial charge in [-0.25, -0.2) is 4.79 Å². The Bertz CT molecular complexity index is 647. The highest BCUT2D eigenvalue weighted by Crippen LogP contribution is 2.23. The van der Waals surface area contributed by atoms with E-state index in [-0.39, 0.29) is 6.03 Å². The molecule has 2 amide bonds. The van der Waals surface area contributed by atoms with Gasteiger partial charge in [-0.3, -0.25) is 0 Å². The van der Waals surface area contributed by atoms with Crippen molar-refractivity contribution in [2.45, 2.75) is 0 Å². The average Bonchev–Trinajstić information content (AvgIpc) is 2.57. The Hall–Kier alpha value is -2.40. The molecule has 0 saturated heterocycles. The van der Waals surface area contributed by atoms with Gasteiger partial charge in [-0.05, 0) is 36.4 Å². The quantitative estimate of drug-likeness (QED) is 0.871. The highest BCUT2D eigenvalue weighted by Gasteiger charge is 2.11. The fourth-order valence-corrected chi connectivity index (χ4v) is 2.02. The number of rotatable bonds is 6. The minimum Gasteiger partial charge on any atom is -0.495 e. The highest BCUT2D eigenvalue weighted by atomic mass is 35.5. The third-order valence-corrected chi connectivity index (χ3v) is 3.46. The standard InChI is InChI=1S/C17H19ClN2O3/c1-20(11-12-23-14-9-7-13(18)8-10-14)17(21)19-15-5-3-4-6-16(15)22-2/h3-10H,11-12H2,1-2H3,(H,19,21). The van der Waals surface area contributed by atoms with Crippen LogP contribution in [0, 0.1) is 0 Å². The van der Waals surface area contributed by atoms with E-state index in [9.17, 15) is 4.79 Å². The largest absolute Gasteiger partial charge is 0.495 e. The first-order valence-electron chi connectivity index (χ1n) is 7.13. The van der Waals surface area contributed by atoms with Crippen LogP contribution in [0.25, 0.3) is 0 Å². The zero-order valence-corrected chi connectivity index (χ0v) is 13.8. The second-order valence-electron chi connectivity index (χ2n) is 4.85. The van der Waals surface area contributed by atoms with Crippen LogP contribution < -0.4 is 14.8 Å². The van der Waals surface area contributed by atoms with Crippen molar-refractivity contribution in [2.24, 2.45) is 0 Å². The van der Waals surface area contributed by atoms with Gasteiger partial charge in [0.15, 0.2) is 0 Å². The molecule has 0 saturated carbocycles. The molecule has 5 nitrogen and oxygen atoms in total. The normalized spacial score (nSPS) is 10.0. The molecule has 0 aliphatic heterocycles. The van der Waals surface area contributed by atoms with Gasteiger partial charge < -0.3 is 19.7 Å². The van der Waals surface area contributed by atoms with E-state index in [1.165, 1.54) is 0 Å². The van der Waals surface area contributed by atoms with E-state index < -0.39 is 0 Å². The Balaban J connectivity index is 1.81. The van der Waals surface area contributed by atoms with Gasteiger partial charge in [0.2, 0.25) is 0 Å². The molecule has 1 N–H and O–H groups in total. The molecule has 2 aromatic rings. The number of hydrogen-bond acceptors (Lipinski definition) is 3. The maximum atomic E-state index is 12.2. The van der Waals surface area contributed by atoms with E-state index >= 15 is 0 Å². The maximum absolute atomic E-state index is 12.2. The number of methoxy groups -OCH3 is 1. The van der Waals surface area contributed by atoms with Gasteiger partial charge >= 0.3 is 6.03 Å². The fraction of sp³-hybridized carbons (Fsp3) is 0.235. The Morgan fingerprint density at radius 1 is 1.17 bits per heavy atom. The highest BCUT2D eigenvalue weighted by molar-refractivity contribution is 6.30. The fourth-order valence-electron chi connectivity index (χ4n) is 1.89. The first-order chi connectivity index (χ1) is 11.1. The number of halogens is 1. The van der Waals surface area contributed by atoms with Gasteiger partial charge in [-0.15, -0.1) is 0 Å². The van der Waals surface area contributed by atoms with E-state index in [0.29, 0.717) is 35.4 Å². The lowest BCUT2D eigenvalue weighted by atomic mass is 10.3. The molecule has 0 atom stereocenters. The molecule has 0 unspecified atom stereocenters. The summed E-state index contributed by atoms with van der Waals surface area (Å²) in [6.07, 6.45) is 0. The van der Waals surface area contributed by atoms with E-state index in [0.717, 1.165) is 0 Å². The SMILES string of the molecule is COc1ccccc1NC(=O)N(C)CCOc1ccc(Cl)cc1. The van der Waals surface area contributed by atoms with Crippen molar-refractivity contribution in [1.82, 2.24) is 4.90 Å². The van der Waals surface area contributed by atoms with Gasteiger partial charge in [-0.1, -0.05) is 23.7 Å². The molecule has 23 heavy (non-hydrogen) atoms. The topological polar surface area (TPSA) is 50.8 Å². The number of nitrogens with one attached hydrogen (secondary N) is 1. The van der Waals surface area contributed by atoms with Crippen molar-refractivity contribution < 1.29 is 14.3 Å². The van der Waals surface area contributed by atoms with Gasteiger partial charge in [-0.2, -0.15) is 0 Å². The van der Waals surface area contributed by atoms with Crippen molar-refractivity contribution >= 4 is 23.3 Å². The summed E-state index contributed by atoms with van der Waals surface area (Å²) >= 11 is 5.81. The average molecular weight is 335 g/mol. The Labute approximate surface area is 140 Å². The number of para-hydroxylation sites is 2. The number of hydrogen-bond donors (Lipinski definition) is 1. The number of carbonyl (C=O) groups excluding carboxylic acids is 1. The summed E-state index contributed by atoms with van der Waals surface area (Å²) in [6, 6.07) is 14.1. The molecule has 0 bridgehead atoms. The summed E-state index contributed by atoms with van der Waals surface area (Å²) in [7, 11) is 3.27. The number of benzene rings is 2. The molecule has 0 aromatic heterocycles. The number of likely N-dealkylation sites (N-methyl/N-ethyl adjacent to an activating group) is 1. The minimum atomic E-state index is -0.228. The molecule has 0 fully saturated rings. The van der Waals surface area contributed by atoms with Crippen LogP contribution in [0.15, 0.2) is 48.5 Å². The molecule has 6 heteroatoms. The zero-order chi connectivity index (χ0) is 16.7. The third-order valence-electron chi connectivity index (χ3n) is 3.20. The zero-order valence-electron chi connectivity index (χ0n) is 13.1. The summed E-state index contributed by atoms with van der Waals surface area (Å²) in [5, 5.41) is 3.46. The lowest BCUT2D eigenvalue weighted by molar-refractivity contribution is 0.207. The molecule has 0 spiro atoms. The summed E-state index contributed by atoms with van der Waals surface area (Å²) in [5.74, 6) is 1.33. The van der Waals surface area contributed by atoms with E-state index in [4.69, 9.17) is 21.1 Å². The molecular formula is C17H19ClN2O3. The number of amides is 2. The third kappa shape index (κ3) is 5.07. The summed E-state index contributed by atoms with van der Waals surface area (Å²) < 4.78 is 10.8. The van der Waals surface area contributed by atoms with Crippen LogP contribution in [-0.2, 0) is 0 Å². The molecule has 2 aromatic carbocycles. The number of nitrogens with zero attached hydrogens (tertiary/aromatic N) is 1. The van der Waals surface area contributed by atoms with Gasteiger partial charge in [0.05, 0.1) is 19.3 Å². The van der Waals surface area contributed by atoms with E-state index in [1.807, 2.05) is 12.1 Å². The number of carbonyl (C=O) groups is 1. The van der Waals surface area contributed by atoms with E-state index in [1.54, 1.807) is 55.5 Å². The monoisotopic (exact) mass is 334 g/mol. The van der Waals surface area contributed by atoms with Crippen LogP contribution >= 0.6 is 11.6 Å². The van der Waals surface area contributed by atoms with Crippen LogP contribution in [0.2, 0.25) is 5.02 Å². The second kappa shape index (κ2) is 8.29. The molecule has 0 aliphatic rings. The maximum Gasteiger partial charge on any atom is 0.321 e. The summed E-state index contributed by atoms with van der Waals surface area (Å²) in [6.45, 7) is 0.834. The van der Waals surface area contributed by atoms with Gasteiger partial charge in [0.1, 0.15) is 18.1 Å². The Morgan fingerprint density at radius 3 is 2.57 bits per heavy atom. The van der Waals surface area contributed by atoms with Crippen molar-refractivity contribution in [3.63, 3.8) is 0 Å². The van der Waals surface area contributed by atoms with Crippen LogP contribution in [-0.4, -0.2) is 38.2 Å². The summed E-state index contributed by atoms with van der Waals surface area (Å²) in [4.78, 5) is 13.7. The van der Waals surface area contributed by atoms with Crippen molar-refractivity contribution in [3.8, 4) is 11.5 Å². The minimum absolute atomic E-state index is 0.228. The van der Waals surface area contributed by atoms with Crippen molar-refractivity contribution in [2.75, 3.05) is 32.6 Å². The van der Waals surface area contributed by atoms with Gasteiger partial charge in [0.25, 0.3) is 0 Å². The van der Waals surface area contributed by atoms with Crippen LogP contribution in [0.3, 0.4) is 0 Å². The molecule has 122 valence electrons. The predicted octanol–water partition coefficient (Wildman–Crippen LogP) is 3.89. The first-order valence-corrected chi connectivity index (χ1v) is 7.51. The van der Waals surface area contributed by atoms with Crippen LogP contribution in [0.1, 0.15) is 0 Å². The molecule has 2 rings (SSSR count). The Kier molecular flexibility index (Phi) is 6.11. The smallest absolute Gasteiger partial charge is 0.321 e. The Morgan fingerprint density at radius 2 is 1.87 bits per heavy atom. The predicted molar refractivity (Wildman–Crippen MR) is 91.6 cm³/mol. The molecular weight excluding hydrogens is 316 g/mol. The van der Waals surface area contributed by atoms with Crippen molar-refractivity contribution in [1.29, 1.82) is 0 Å². The number of ether oxygens (including phenoxy) is 2. The van der Waals surface area contributed by atoms with Gasteiger partial charge in [0, 0.05) is 12.1 Å². The lowest BCUT2D eigenvalue weighted by Gasteiger charge is -2.19. The lowest BCUT2D eigenvalue weighted by Crippen LogP contribution is -2.34. The number of anilines is 1. The summed E-state index contributed by atoms with van der Waals surface area (Å²) in [5.41, 5.74) is 0.630. The molecule has 0 radical (unpaired) electrons. The number of urea groups is 1. The second-order valence-corrected chi connectivity index (χ2v) is 5.29. The molecule has 0 heterocycles. The van der Waals surface area contributed by atoms with E-state index in [2.05, 4.69) is 5.32 Å². The molecule has 0 aliphatic carbocycles.